The lowest BCUT2D eigenvalue weighted by Crippen LogP contribution is -2.54. The van der Waals surface area contributed by atoms with E-state index in [1.165, 1.54) is 12.0 Å². The SMILES string of the molecule is CCCC(=O)c1ccc2c(c1)N(CC(=O)OCCOC)C(=O)C(C)(C)O2. The van der Waals surface area contributed by atoms with Crippen LogP contribution in [0.5, 0.6) is 5.75 Å². The molecule has 7 heteroatoms. The number of benzene rings is 1. The maximum absolute atomic E-state index is 12.8. The Morgan fingerprint density at radius 1 is 1.23 bits per heavy atom. The van der Waals surface area contributed by atoms with Crippen molar-refractivity contribution in [3.8, 4) is 5.75 Å². The highest BCUT2D eigenvalue weighted by Gasteiger charge is 2.42. The van der Waals surface area contributed by atoms with Gasteiger partial charge in [-0.05, 0) is 38.5 Å². The molecule has 0 saturated heterocycles. The van der Waals surface area contributed by atoms with Crippen LogP contribution < -0.4 is 9.64 Å². The molecule has 1 aliphatic rings. The number of esters is 1. The summed E-state index contributed by atoms with van der Waals surface area (Å²) in [4.78, 5) is 38.4. The van der Waals surface area contributed by atoms with Gasteiger partial charge in [-0.3, -0.25) is 19.3 Å². The second-order valence-corrected chi connectivity index (χ2v) is 6.57. The summed E-state index contributed by atoms with van der Waals surface area (Å²) in [6.45, 7) is 5.33. The van der Waals surface area contributed by atoms with E-state index in [4.69, 9.17) is 14.2 Å². The molecule has 2 rings (SSSR count). The van der Waals surface area contributed by atoms with Gasteiger partial charge in [0.2, 0.25) is 0 Å². The number of Topliss-reactive ketones (excluding diaryl/α,β-unsaturated/α-hetero) is 1. The highest BCUT2D eigenvalue weighted by Crippen LogP contribution is 2.38. The molecule has 0 N–H and O–H groups in total. The second-order valence-electron chi connectivity index (χ2n) is 6.57. The predicted octanol–water partition coefficient (Wildman–Crippen LogP) is 2.36. The van der Waals surface area contributed by atoms with Crippen LogP contribution in [-0.4, -0.2) is 50.1 Å². The number of nitrogens with zero attached hydrogens (tertiary/aromatic N) is 1. The van der Waals surface area contributed by atoms with Gasteiger partial charge in [-0.2, -0.15) is 0 Å². The lowest BCUT2D eigenvalue weighted by molar-refractivity contribution is -0.145. The molecule has 0 saturated carbocycles. The van der Waals surface area contributed by atoms with Crippen molar-refractivity contribution >= 4 is 23.3 Å². The van der Waals surface area contributed by atoms with Crippen LogP contribution >= 0.6 is 0 Å². The van der Waals surface area contributed by atoms with Gasteiger partial charge in [-0.15, -0.1) is 0 Å². The van der Waals surface area contributed by atoms with Gasteiger partial charge < -0.3 is 14.2 Å². The molecule has 0 atom stereocenters. The highest BCUT2D eigenvalue weighted by atomic mass is 16.6. The molecular formula is C19H25NO6. The number of ketones is 1. The van der Waals surface area contributed by atoms with Gasteiger partial charge in [0, 0.05) is 19.1 Å². The number of carbonyl (C=O) groups excluding carboxylic acids is 3. The molecular weight excluding hydrogens is 338 g/mol. The van der Waals surface area contributed by atoms with Crippen molar-refractivity contribution in [3.63, 3.8) is 0 Å². The maximum atomic E-state index is 12.8. The normalized spacial score (nSPS) is 15.2. The number of carbonyl (C=O) groups is 3. The molecule has 7 nitrogen and oxygen atoms in total. The van der Waals surface area contributed by atoms with Crippen LogP contribution in [-0.2, 0) is 19.1 Å². The van der Waals surface area contributed by atoms with Crippen molar-refractivity contribution in [2.24, 2.45) is 0 Å². The van der Waals surface area contributed by atoms with Crippen molar-refractivity contribution in [2.45, 2.75) is 39.2 Å². The third kappa shape index (κ3) is 4.40. The monoisotopic (exact) mass is 363 g/mol. The molecule has 1 aromatic carbocycles. The van der Waals surface area contributed by atoms with Crippen LogP contribution in [0, 0.1) is 0 Å². The zero-order valence-electron chi connectivity index (χ0n) is 15.7. The van der Waals surface area contributed by atoms with Crippen molar-refractivity contribution in [3.05, 3.63) is 23.8 Å². The molecule has 1 aliphatic heterocycles. The van der Waals surface area contributed by atoms with E-state index in [9.17, 15) is 14.4 Å². The van der Waals surface area contributed by atoms with E-state index in [0.29, 0.717) is 23.4 Å². The number of fused-ring (bicyclic) bond motifs is 1. The average Bonchev–Trinajstić information content (AvgIpc) is 2.59. The Morgan fingerprint density at radius 3 is 2.62 bits per heavy atom. The first-order valence-corrected chi connectivity index (χ1v) is 8.63. The van der Waals surface area contributed by atoms with Gasteiger partial charge in [-0.25, -0.2) is 0 Å². The van der Waals surface area contributed by atoms with E-state index in [2.05, 4.69) is 0 Å². The predicted molar refractivity (Wildman–Crippen MR) is 95.6 cm³/mol. The van der Waals surface area contributed by atoms with Crippen molar-refractivity contribution in [1.82, 2.24) is 0 Å². The Hall–Kier alpha value is -2.41. The Balaban J connectivity index is 2.31. The number of rotatable bonds is 8. The Kier molecular flexibility index (Phi) is 6.37. The van der Waals surface area contributed by atoms with Crippen LogP contribution in [0.15, 0.2) is 18.2 Å². The first kappa shape index (κ1) is 19.9. The molecule has 0 spiro atoms. The maximum Gasteiger partial charge on any atom is 0.326 e. The zero-order chi connectivity index (χ0) is 19.3. The number of methoxy groups -OCH3 is 1. The first-order valence-electron chi connectivity index (χ1n) is 8.63. The topological polar surface area (TPSA) is 82.1 Å². The molecule has 142 valence electrons. The Bertz CT molecular complexity index is 697. The van der Waals surface area contributed by atoms with Gasteiger partial charge >= 0.3 is 5.97 Å². The van der Waals surface area contributed by atoms with E-state index in [1.807, 2.05) is 6.92 Å². The van der Waals surface area contributed by atoms with Gasteiger partial charge in [-0.1, -0.05) is 6.92 Å². The first-order chi connectivity index (χ1) is 12.3. The lowest BCUT2D eigenvalue weighted by atomic mass is 10.0. The zero-order valence-corrected chi connectivity index (χ0v) is 15.7. The molecule has 0 radical (unpaired) electrons. The molecule has 0 aliphatic carbocycles. The highest BCUT2D eigenvalue weighted by molar-refractivity contribution is 6.06. The summed E-state index contributed by atoms with van der Waals surface area (Å²) in [5.41, 5.74) is -0.228. The number of ether oxygens (including phenoxy) is 3. The summed E-state index contributed by atoms with van der Waals surface area (Å²) < 4.78 is 15.7. The summed E-state index contributed by atoms with van der Waals surface area (Å²) in [6, 6.07) is 4.94. The molecule has 0 unspecified atom stereocenters. The van der Waals surface area contributed by atoms with Gasteiger partial charge in [0.1, 0.15) is 18.9 Å². The largest absolute Gasteiger partial charge is 0.476 e. The van der Waals surface area contributed by atoms with Gasteiger partial charge in [0.15, 0.2) is 11.4 Å². The number of hydrogen-bond acceptors (Lipinski definition) is 6. The minimum absolute atomic E-state index is 0.0183. The van der Waals surface area contributed by atoms with E-state index in [1.54, 1.807) is 32.0 Å². The summed E-state index contributed by atoms with van der Waals surface area (Å²) in [5, 5.41) is 0. The fraction of sp³-hybridized carbons (Fsp3) is 0.526. The number of anilines is 1. The van der Waals surface area contributed by atoms with Gasteiger partial charge in [0.05, 0.1) is 12.3 Å². The van der Waals surface area contributed by atoms with Crippen LogP contribution in [0.25, 0.3) is 0 Å². The van der Waals surface area contributed by atoms with E-state index < -0.39 is 11.6 Å². The minimum Gasteiger partial charge on any atom is -0.476 e. The van der Waals surface area contributed by atoms with Crippen LogP contribution in [0.3, 0.4) is 0 Å². The molecule has 1 amide bonds. The molecule has 0 aromatic heterocycles. The number of amides is 1. The molecule has 0 bridgehead atoms. The fourth-order valence-corrected chi connectivity index (χ4v) is 2.68. The van der Waals surface area contributed by atoms with E-state index in [-0.39, 0.29) is 31.4 Å². The summed E-state index contributed by atoms with van der Waals surface area (Å²) >= 11 is 0. The Morgan fingerprint density at radius 2 is 1.96 bits per heavy atom. The third-order valence-corrected chi connectivity index (χ3v) is 4.01. The van der Waals surface area contributed by atoms with Crippen LogP contribution in [0.1, 0.15) is 44.0 Å². The Labute approximate surface area is 153 Å². The summed E-state index contributed by atoms with van der Waals surface area (Å²) in [5.74, 6) is -0.485. The van der Waals surface area contributed by atoms with Crippen LogP contribution in [0.4, 0.5) is 5.69 Å². The van der Waals surface area contributed by atoms with Crippen molar-refractivity contribution < 1.29 is 28.6 Å². The van der Waals surface area contributed by atoms with Gasteiger partial charge in [0.25, 0.3) is 5.91 Å². The minimum atomic E-state index is -1.12. The number of hydrogen-bond donors (Lipinski definition) is 0. The molecule has 1 heterocycles. The molecule has 26 heavy (non-hydrogen) atoms. The molecule has 0 fully saturated rings. The van der Waals surface area contributed by atoms with Crippen molar-refractivity contribution in [2.75, 3.05) is 31.8 Å². The van der Waals surface area contributed by atoms with Crippen molar-refractivity contribution in [1.29, 1.82) is 0 Å². The lowest BCUT2D eigenvalue weighted by Gasteiger charge is -2.38. The quantitative estimate of drug-likeness (QED) is 0.401. The van der Waals surface area contributed by atoms with E-state index >= 15 is 0 Å². The average molecular weight is 363 g/mol. The van der Waals surface area contributed by atoms with E-state index in [0.717, 1.165) is 6.42 Å². The standard InChI is InChI=1S/C19H25NO6/c1-5-6-15(21)13-7-8-16-14(11-13)20(18(23)19(2,3)26-16)12-17(22)25-10-9-24-4/h7-8,11H,5-6,9-10,12H2,1-4H3. The summed E-state index contributed by atoms with van der Waals surface area (Å²) in [7, 11) is 1.51. The third-order valence-electron chi connectivity index (χ3n) is 4.01. The van der Waals surface area contributed by atoms with Crippen LogP contribution in [0.2, 0.25) is 0 Å². The second kappa shape index (κ2) is 8.31. The molecule has 1 aromatic rings. The fourth-order valence-electron chi connectivity index (χ4n) is 2.68. The smallest absolute Gasteiger partial charge is 0.326 e. The summed E-state index contributed by atoms with van der Waals surface area (Å²) in [6.07, 6.45) is 1.14.